The van der Waals surface area contributed by atoms with Crippen molar-refractivity contribution in [3.05, 3.63) is 34.4 Å². The molecule has 1 heterocycles. The Hall–Kier alpha value is -1.93. The van der Waals surface area contributed by atoms with Crippen LogP contribution in [-0.2, 0) is 9.53 Å². The monoisotopic (exact) mass is 401 g/mol. The minimum atomic E-state index is -0.882. The van der Waals surface area contributed by atoms with Gasteiger partial charge in [-0.25, -0.2) is 13.6 Å². The summed E-state index contributed by atoms with van der Waals surface area (Å²) in [5.74, 6) is -2.06. The van der Waals surface area contributed by atoms with Crippen LogP contribution in [0.4, 0.5) is 13.6 Å². The minimum absolute atomic E-state index is 0.0353. The van der Waals surface area contributed by atoms with Gasteiger partial charge in [-0.2, -0.15) is 0 Å². The molecule has 9 heteroatoms. The van der Waals surface area contributed by atoms with Gasteiger partial charge in [-0.1, -0.05) is 17.7 Å². The van der Waals surface area contributed by atoms with Gasteiger partial charge in [0.15, 0.2) is 0 Å². The lowest BCUT2D eigenvalue weighted by molar-refractivity contribution is -0.127. The molecule has 2 fully saturated rings. The van der Waals surface area contributed by atoms with Crippen molar-refractivity contribution in [1.29, 1.82) is 0 Å². The van der Waals surface area contributed by atoms with Crippen molar-refractivity contribution in [3.63, 3.8) is 0 Å². The van der Waals surface area contributed by atoms with Gasteiger partial charge >= 0.3 is 6.03 Å². The predicted molar refractivity (Wildman–Crippen MR) is 95.3 cm³/mol. The summed E-state index contributed by atoms with van der Waals surface area (Å²) in [7, 11) is 1.60. The number of methoxy groups -OCH3 is 1. The van der Waals surface area contributed by atoms with Crippen LogP contribution in [0.1, 0.15) is 31.4 Å². The first-order valence-electron chi connectivity index (χ1n) is 8.84. The van der Waals surface area contributed by atoms with Crippen molar-refractivity contribution in [2.45, 2.75) is 38.0 Å². The van der Waals surface area contributed by atoms with Crippen LogP contribution in [0.15, 0.2) is 12.1 Å². The molecule has 0 unspecified atom stereocenters. The summed E-state index contributed by atoms with van der Waals surface area (Å²) in [4.78, 5) is 26.0. The zero-order valence-corrected chi connectivity index (χ0v) is 15.9. The number of halogens is 3. The SMILES string of the molecule is COC1CC([C@H](NC(=O)N2CCNC(=O)[C@H]2C)c2ccc(F)c(Cl)c2F)C1. The van der Waals surface area contributed by atoms with Crippen molar-refractivity contribution < 1.29 is 23.1 Å². The second kappa shape index (κ2) is 7.98. The highest BCUT2D eigenvalue weighted by Gasteiger charge is 2.40. The van der Waals surface area contributed by atoms with Crippen LogP contribution in [0.5, 0.6) is 0 Å². The van der Waals surface area contributed by atoms with Crippen molar-refractivity contribution in [2.75, 3.05) is 20.2 Å². The Kier molecular flexibility index (Phi) is 5.86. The Morgan fingerprint density at radius 1 is 1.41 bits per heavy atom. The van der Waals surface area contributed by atoms with Crippen molar-refractivity contribution in [3.8, 4) is 0 Å². The van der Waals surface area contributed by atoms with E-state index in [1.54, 1.807) is 14.0 Å². The van der Waals surface area contributed by atoms with E-state index >= 15 is 0 Å². The van der Waals surface area contributed by atoms with E-state index < -0.39 is 34.8 Å². The molecule has 3 rings (SSSR count). The van der Waals surface area contributed by atoms with Crippen molar-refractivity contribution in [2.24, 2.45) is 5.92 Å². The zero-order chi connectivity index (χ0) is 19.7. The van der Waals surface area contributed by atoms with Crippen LogP contribution in [-0.4, -0.2) is 49.2 Å². The third-order valence-electron chi connectivity index (χ3n) is 5.37. The molecule has 2 atom stereocenters. The van der Waals surface area contributed by atoms with Gasteiger partial charge in [0, 0.05) is 25.8 Å². The van der Waals surface area contributed by atoms with Gasteiger partial charge in [0.1, 0.15) is 22.7 Å². The van der Waals surface area contributed by atoms with E-state index in [1.165, 1.54) is 11.0 Å². The molecule has 1 aliphatic heterocycles. The highest BCUT2D eigenvalue weighted by atomic mass is 35.5. The van der Waals surface area contributed by atoms with Crippen LogP contribution < -0.4 is 10.6 Å². The summed E-state index contributed by atoms with van der Waals surface area (Å²) in [6, 6.07) is 0.591. The number of carbonyl (C=O) groups excluding carboxylic acids is 2. The summed E-state index contributed by atoms with van der Waals surface area (Å²) in [6.07, 6.45) is 1.30. The van der Waals surface area contributed by atoms with Crippen LogP contribution in [0, 0.1) is 17.6 Å². The summed E-state index contributed by atoms with van der Waals surface area (Å²) >= 11 is 5.73. The minimum Gasteiger partial charge on any atom is -0.381 e. The van der Waals surface area contributed by atoms with Crippen molar-refractivity contribution >= 4 is 23.5 Å². The van der Waals surface area contributed by atoms with E-state index in [2.05, 4.69) is 10.6 Å². The normalized spacial score (nSPS) is 26.2. The lowest BCUT2D eigenvalue weighted by atomic mass is 9.74. The Morgan fingerprint density at radius 2 is 2.11 bits per heavy atom. The van der Waals surface area contributed by atoms with E-state index in [4.69, 9.17) is 16.3 Å². The lowest BCUT2D eigenvalue weighted by Gasteiger charge is -2.41. The van der Waals surface area contributed by atoms with Crippen LogP contribution in [0.2, 0.25) is 5.02 Å². The average molecular weight is 402 g/mol. The fraction of sp³-hybridized carbons (Fsp3) is 0.556. The molecule has 148 valence electrons. The molecule has 0 radical (unpaired) electrons. The van der Waals surface area contributed by atoms with E-state index in [1.807, 2.05) is 0 Å². The Labute approximate surface area is 161 Å². The predicted octanol–water partition coefficient (Wildman–Crippen LogP) is 2.61. The molecule has 1 aliphatic carbocycles. The number of nitrogens with zero attached hydrogens (tertiary/aromatic N) is 1. The second-order valence-corrected chi connectivity index (χ2v) is 7.32. The van der Waals surface area contributed by atoms with Crippen LogP contribution in [0.3, 0.4) is 0 Å². The molecule has 2 N–H and O–H groups in total. The van der Waals surface area contributed by atoms with E-state index in [0.717, 1.165) is 6.07 Å². The maximum absolute atomic E-state index is 14.6. The maximum Gasteiger partial charge on any atom is 0.318 e. The topological polar surface area (TPSA) is 70.7 Å². The quantitative estimate of drug-likeness (QED) is 0.762. The molecule has 0 bridgehead atoms. The number of carbonyl (C=O) groups is 2. The highest BCUT2D eigenvalue weighted by Crippen LogP contribution is 2.41. The molecule has 1 saturated carbocycles. The molecule has 1 aromatic rings. The number of rotatable bonds is 4. The van der Waals surface area contributed by atoms with E-state index in [0.29, 0.717) is 25.9 Å². The maximum atomic E-state index is 14.6. The van der Waals surface area contributed by atoms with Gasteiger partial charge in [-0.05, 0) is 31.7 Å². The average Bonchev–Trinajstić information content (AvgIpc) is 2.60. The Bertz CT molecular complexity index is 743. The number of amides is 3. The van der Waals surface area contributed by atoms with E-state index in [9.17, 15) is 18.4 Å². The first-order chi connectivity index (χ1) is 12.8. The third kappa shape index (κ3) is 3.87. The molecule has 6 nitrogen and oxygen atoms in total. The summed E-state index contributed by atoms with van der Waals surface area (Å²) in [5, 5.41) is 4.91. The molecule has 1 saturated heterocycles. The van der Waals surface area contributed by atoms with Crippen LogP contribution in [0.25, 0.3) is 0 Å². The molecule has 0 spiro atoms. The Balaban J connectivity index is 1.84. The van der Waals surface area contributed by atoms with Gasteiger partial charge in [0.05, 0.1) is 12.1 Å². The number of piperazine rings is 1. The molecule has 27 heavy (non-hydrogen) atoms. The first-order valence-corrected chi connectivity index (χ1v) is 9.22. The molecular weight excluding hydrogens is 380 g/mol. The molecular formula is C18H22ClF2N3O3. The molecule has 1 aromatic carbocycles. The fourth-order valence-corrected chi connectivity index (χ4v) is 3.75. The van der Waals surface area contributed by atoms with Gasteiger partial charge in [-0.3, -0.25) is 4.79 Å². The number of hydrogen-bond acceptors (Lipinski definition) is 3. The fourth-order valence-electron chi connectivity index (χ4n) is 3.58. The number of ether oxygens (including phenoxy) is 1. The van der Waals surface area contributed by atoms with Gasteiger partial charge in [0.25, 0.3) is 0 Å². The summed E-state index contributed by atoms with van der Waals surface area (Å²) in [5.41, 5.74) is 0.128. The summed E-state index contributed by atoms with van der Waals surface area (Å²) in [6.45, 7) is 2.33. The number of urea groups is 1. The zero-order valence-electron chi connectivity index (χ0n) is 15.1. The van der Waals surface area contributed by atoms with Gasteiger partial charge < -0.3 is 20.3 Å². The number of nitrogens with one attached hydrogen (secondary N) is 2. The highest BCUT2D eigenvalue weighted by molar-refractivity contribution is 6.31. The largest absolute Gasteiger partial charge is 0.381 e. The lowest BCUT2D eigenvalue weighted by Crippen LogP contribution is -2.59. The Morgan fingerprint density at radius 3 is 2.78 bits per heavy atom. The number of benzene rings is 1. The van der Waals surface area contributed by atoms with Crippen molar-refractivity contribution in [1.82, 2.24) is 15.5 Å². The third-order valence-corrected chi connectivity index (χ3v) is 5.72. The smallest absolute Gasteiger partial charge is 0.318 e. The van der Waals surface area contributed by atoms with Gasteiger partial charge in [-0.15, -0.1) is 0 Å². The van der Waals surface area contributed by atoms with Crippen LogP contribution >= 0.6 is 11.6 Å². The standard InChI is InChI=1S/C18H22ClF2N3O3/c1-9-17(25)22-5-6-24(9)18(26)23-16(10-7-11(8-10)27-2)12-3-4-13(20)14(19)15(12)21/h3-4,9-11,16H,5-8H2,1-2H3,(H,22,25)(H,23,26)/t9-,10?,11?,16+/m1/s1. The molecule has 2 aliphatic rings. The second-order valence-electron chi connectivity index (χ2n) is 6.94. The summed E-state index contributed by atoms with van der Waals surface area (Å²) < 4.78 is 33.4. The van der Waals surface area contributed by atoms with Gasteiger partial charge in [0.2, 0.25) is 5.91 Å². The molecule has 3 amide bonds. The first kappa shape index (κ1) is 19.8. The van der Waals surface area contributed by atoms with E-state index in [-0.39, 0.29) is 23.5 Å². The molecule has 0 aromatic heterocycles. The number of hydrogen-bond donors (Lipinski definition) is 2.